The minimum atomic E-state index is -0.970. The van der Waals surface area contributed by atoms with Gasteiger partial charge in [0.1, 0.15) is 5.76 Å². The fraction of sp³-hybridized carbons (Fsp3) is 0.0667. The molecular weight excluding hydrogens is 258 g/mol. The molecule has 0 spiro atoms. The molecule has 2 aromatic rings. The van der Waals surface area contributed by atoms with Crippen LogP contribution < -0.4 is 5.32 Å². The number of rotatable bonds is 5. The van der Waals surface area contributed by atoms with Crippen LogP contribution in [0.4, 0.5) is 0 Å². The number of aromatic carboxylic acids is 1. The quantitative estimate of drug-likeness (QED) is 0.818. The first-order valence-electron chi connectivity index (χ1n) is 5.97. The first-order chi connectivity index (χ1) is 9.65. The Kier molecular flexibility index (Phi) is 4.34. The summed E-state index contributed by atoms with van der Waals surface area (Å²) in [5.41, 5.74) is 1.05. The molecule has 102 valence electrons. The van der Waals surface area contributed by atoms with E-state index >= 15 is 0 Å². The summed E-state index contributed by atoms with van der Waals surface area (Å²) in [4.78, 5) is 22.2. The van der Waals surface area contributed by atoms with Crippen LogP contribution in [0.3, 0.4) is 0 Å². The standard InChI is InChI=1S/C15H13NO4/c17-14(8-7-13-2-1-9-20-13)16-10-11-3-5-12(6-4-11)15(18)19/h1-9H,10H2,(H,16,17)(H,18,19)/b8-7+. The normalized spacial score (nSPS) is 10.6. The molecule has 5 nitrogen and oxygen atoms in total. The van der Waals surface area contributed by atoms with Crippen LogP contribution in [-0.4, -0.2) is 17.0 Å². The SMILES string of the molecule is O=C(/C=C/c1ccco1)NCc1ccc(C(=O)O)cc1. The maximum atomic E-state index is 11.6. The number of furan rings is 1. The van der Waals surface area contributed by atoms with E-state index in [1.807, 2.05) is 0 Å². The number of hydrogen-bond donors (Lipinski definition) is 2. The zero-order chi connectivity index (χ0) is 14.4. The van der Waals surface area contributed by atoms with Crippen molar-refractivity contribution >= 4 is 18.0 Å². The van der Waals surface area contributed by atoms with Gasteiger partial charge in [0.05, 0.1) is 11.8 Å². The van der Waals surface area contributed by atoms with Gasteiger partial charge >= 0.3 is 5.97 Å². The maximum absolute atomic E-state index is 11.6. The molecule has 0 radical (unpaired) electrons. The molecular formula is C15H13NO4. The Morgan fingerprint density at radius 3 is 2.55 bits per heavy atom. The molecule has 0 saturated carbocycles. The molecule has 0 atom stereocenters. The van der Waals surface area contributed by atoms with E-state index < -0.39 is 5.97 Å². The highest BCUT2D eigenvalue weighted by Gasteiger charge is 2.02. The van der Waals surface area contributed by atoms with Gasteiger partial charge in [-0.05, 0) is 35.9 Å². The summed E-state index contributed by atoms with van der Waals surface area (Å²) in [5, 5.41) is 11.5. The third kappa shape index (κ3) is 3.84. The first-order valence-corrected chi connectivity index (χ1v) is 5.97. The van der Waals surface area contributed by atoms with Gasteiger partial charge in [-0.1, -0.05) is 12.1 Å². The zero-order valence-corrected chi connectivity index (χ0v) is 10.6. The molecule has 0 aliphatic carbocycles. The molecule has 0 unspecified atom stereocenters. The summed E-state index contributed by atoms with van der Waals surface area (Å²) in [5.74, 6) is -0.614. The highest BCUT2D eigenvalue weighted by Crippen LogP contribution is 2.05. The second-order valence-electron chi connectivity index (χ2n) is 4.07. The van der Waals surface area contributed by atoms with Crippen molar-refractivity contribution in [3.63, 3.8) is 0 Å². The van der Waals surface area contributed by atoms with E-state index in [-0.39, 0.29) is 11.5 Å². The Hall–Kier alpha value is -2.82. The van der Waals surface area contributed by atoms with Gasteiger partial charge in [-0.2, -0.15) is 0 Å². The predicted molar refractivity (Wildman–Crippen MR) is 73.0 cm³/mol. The Labute approximate surface area is 115 Å². The summed E-state index contributed by atoms with van der Waals surface area (Å²) in [6.45, 7) is 0.335. The van der Waals surface area contributed by atoms with Gasteiger partial charge in [-0.25, -0.2) is 4.79 Å². The fourth-order valence-electron chi connectivity index (χ4n) is 1.56. The lowest BCUT2D eigenvalue weighted by Crippen LogP contribution is -2.20. The number of hydrogen-bond acceptors (Lipinski definition) is 3. The van der Waals surface area contributed by atoms with Gasteiger partial charge in [0.2, 0.25) is 5.91 Å². The lowest BCUT2D eigenvalue weighted by atomic mass is 10.1. The average Bonchev–Trinajstić information content (AvgIpc) is 2.96. The number of carboxylic acids is 1. The summed E-state index contributed by atoms with van der Waals surface area (Å²) in [7, 11) is 0. The predicted octanol–water partition coefficient (Wildman–Crippen LogP) is 2.31. The van der Waals surface area contributed by atoms with Crippen molar-refractivity contribution in [1.82, 2.24) is 5.32 Å². The smallest absolute Gasteiger partial charge is 0.335 e. The van der Waals surface area contributed by atoms with Crippen LogP contribution in [0.25, 0.3) is 6.08 Å². The Balaban J connectivity index is 1.85. The van der Waals surface area contributed by atoms with E-state index in [4.69, 9.17) is 9.52 Å². The lowest BCUT2D eigenvalue weighted by molar-refractivity contribution is -0.116. The van der Waals surface area contributed by atoms with Crippen molar-refractivity contribution in [1.29, 1.82) is 0 Å². The van der Waals surface area contributed by atoms with Crippen molar-refractivity contribution in [2.24, 2.45) is 0 Å². The van der Waals surface area contributed by atoms with E-state index in [0.29, 0.717) is 12.3 Å². The van der Waals surface area contributed by atoms with E-state index in [1.165, 1.54) is 24.5 Å². The second-order valence-corrected chi connectivity index (χ2v) is 4.07. The second kappa shape index (κ2) is 6.38. The highest BCUT2D eigenvalue weighted by molar-refractivity contribution is 5.91. The molecule has 0 saturated heterocycles. The topological polar surface area (TPSA) is 79.5 Å². The van der Waals surface area contributed by atoms with Crippen LogP contribution >= 0.6 is 0 Å². The van der Waals surface area contributed by atoms with Crippen LogP contribution in [0.15, 0.2) is 53.2 Å². The molecule has 1 amide bonds. The van der Waals surface area contributed by atoms with Crippen molar-refractivity contribution in [3.8, 4) is 0 Å². The van der Waals surface area contributed by atoms with Crippen molar-refractivity contribution in [2.45, 2.75) is 6.54 Å². The van der Waals surface area contributed by atoms with Gasteiger partial charge in [-0.3, -0.25) is 4.79 Å². The third-order valence-corrected chi connectivity index (χ3v) is 2.61. The van der Waals surface area contributed by atoms with E-state index in [1.54, 1.807) is 30.3 Å². The Bertz CT molecular complexity index is 612. The molecule has 20 heavy (non-hydrogen) atoms. The largest absolute Gasteiger partial charge is 0.478 e. The molecule has 1 heterocycles. The molecule has 1 aromatic carbocycles. The molecule has 0 aliphatic rings. The highest BCUT2D eigenvalue weighted by atomic mass is 16.4. The van der Waals surface area contributed by atoms with Crippen molar-refractivity contribution < 1.29 is 19.1 Å². The van der Waals surface area contributed by atoms with Gasteiger partial charge in [0, 0.05) is 12.6 Å². The minimum Gasteiger partial charge on any atom is -0.478 e. The van der Waals surface area contributed by atoms with Gasteiger partial charge in [-0.15, -0.1) is 0 Å². The maximum Gasteiger partial charge on any atom is 0.335 e. The van der Waals surface area contributed by atoms with Crippen LogP contribution in [0.5, 0.6) is 0 Å². The molecule has 0 aliphatic heterocycles. The Morgan fingerprint density at radius 1 is 1.20 bits per heavy atom. The van der Waals surface area contributed by atoms with Gasteiger partial charge < -0.3 is 14.8 Å². The summed E-state index contributed by atoms with van der Waals surface area (Å²) >= 11 is 0. The number of nitrogens with one attached hydrogen (secondary N) is 1. The molecule has 5 heteroatoms. The molecule has 2 rings (SSSR count). The molecule has 2 N–H and O–H groups in total. The van der Waals surface area contributed by atoms with Gasteiger partial charge in [0.15, 0.2) is 0 Å². The van der Waals surface area contributed by atoms with Gasteiger partial charge in [0.25, 0.3) is 0 Å². The van der Waals surface area contributed by atoms with Crippen LogP contribution in [0.2, 0.25) is 0 Å². The number of amides is 1. The number of carboxylic acid groups (broad SMARTS) is 1. The van der Waals surface area contributed by atoms with Crippen molar-refractivity contribution in [3.05, 3.63) is 65.6 Å². The Morgan fingerprint density at radius 2 is 1.95 bits per heavy atom. The molecule has 0 fully saturated rings. The number of benzene rings is 1. The number of carbonyl (C=O) groups is 2. The number of carbonyl (C=O) groups excluding carboxylic acids is 1. The third-order valence-electron chi connectivity index (χ3n) is 2.61. The van der Waals surface area contributed by atoms with Crippen LogP contribution in [-0.2, 0) is 11.3 Å². The summed E-state index contributed by atoms with van der Waals surface area (Å²) in [6, 6.07) is 9.82. The van der Waals surface area contributed by atoms with Crippen LogP contribution in [0.1, 0.15) is 21.7 Å². The van der Waals surface area contributed by atoms with E-state index in [0.717, 1.165) is 5.56 Å². The van der Waals surface area contributed by atoms with Crippen LogP contribution in [0, 0.1) is 0 Å². The van der Waals surface area contributed by atoms with E-state index in [2.05, 4.69) is 5.32 Å². The minimum absolute atomic E-state index is 0.220. The van der Waals surface area contributed by atoms with E-state index in [9.17, 15) is 9.59 Å². The van der Waals surface area contributed by atoms with Crippen molar-refractivity contribution in [2.75, 3.05) is 0 Å². The molecule has 0 bridgehead atoms. The summed E-state index contributed by atoms with van der Waals surface area (Å²) in [6.07, 6.45) is 4.48. The molecule has 1 aromatic heterocycles. The first kappa shape index (κ1) is 13.6. The summed E-state index contributed by atoms with van der Waals surface area (Å²) < 4.78 is 5.06. The monoisotopic (exact) mass is 271 g/mol. The zero-order valence-electron chi connectivity index (χ0n) is 10.6. The average molecular weight is 271 g/mol. The fourth-order valence-corrected chi connectivity index (χ4v) is 1.56. The lowest BCUT2D eigenvalue weighted by Gasteiger charge is -2.03.